The van der Waals surface area contributed by atoms with E-state index in [0.29, 0.717) is 45.9 Å². The molecule has 1 unspecified atom stereocenters. The highest BCUT2D eigenvalue weighted by Crippen LogP contribution is 2.44. The summed E-state index contributed by atoms with van der Waals surface area (Å²) in [5.41, 5.74) is 10.6. The Kier molecular flexibility index (Phi) is 5.71. The predicted octanol–water partition coefficient (Wildman–Crippen LogP) is 3.36. The van der Waals surface area contributed by atoms with E-state index in [0.717, 1.165) is 11.1 Å². The van der Waals surface area contributed by atoms with E-state index < -0.39 is 11.9 Å². The molecule has 1 aliphatic rings. The molecule has 0 bridgehead atoms. The third-order valence-corrected chi connectivity index (χ3v) is 5.91. The second kappa shape index (κ2) is 8.50. The highest BCUT2D eigenvalue weighted by atomic mass is 16.5. The highest BCUT2D eigenvalue weighted by molar-refractivity contribution is 5.95. The van der Waals surface area contributed by atoms with Crippen LogP contribution in [-0.4, -0.2) is 42.0 Å². The maximum atomic E-state index is 12.6. The van der Waals surface area contributed by atoms with Crippen molar-refractivity contribution >= 4 is 11.9 Å². The Hall–Kier alpha value is -4.01. The van der Waals surface area contributed by atoms with Crippen molar-refractivity contribution in [3.8, 4) is 28.6 Å². The van der Waals surface area contributed by atoms with Crippen molar-refractivity contribution in [3.05, 3.63) is 58.3 Å². The maximum Gasteiger partial charge on any atom is 0.248 e. The van der Waals surface area contributed by atoms with E-state index in [1.54, 1.807) is 45.1 Å². The van der Waals surface area contributed by atoms with Gasteiger partial charge in [-0.2, -0.15) is 4.98 Å². The van der Waals surface area contributed by atoms with Crippen LogP contribution < -0.4 is 25.3 Å². The number of rotatable bonds is 6. The van der Waals surface area contributed by atoms with Crippen LogP contribution in [0, 0.1) is 13.8 Å². The van der Waals surface area contributed by atoms with Crippen molar-refractivity contribution in [2.75, 3.05) is 26.6 Å². The summed E-state index contributed by atoms with van der Waals surface area (Å²) in [5.74, 6) is 1.94. The zero-order valence-electron chi connectivity index (χ0n) is 19.5. The number of carbonyl (C=O) groups excluding carboxylic acids is 1. The minimum Gasteiger partial charge on any atom is -0.496 e. The summed E-state index contributed by atoms with van der Waals surface area (Å²) in [5, 5.41) is 7.93. The number of anilines is 1. The van der Waals surface area contributed by atoms with Gasteiger partial charge >= 0.3 is 0 Å². The van der Waals surface area contributed by atoms with Crippen LogP contribution in [0.15, 0.2) is 41.6 Å². The molecule has 172 valence electrons. The van der Waals surface area contributed by atoms with Crippen molar-refractivity contribution in [3.63, 3.8) is 0 Å². The first-order chi connectivity index (χ1) is 15.8. The van der Waals surface area contributed by atoms with Gasteiger partial charge in [-0.05, 0) is 44.0 Å². The van der Waals surface area contributed by atoms with Gasteiger partial charge in [-0.25, -0.2) is 4.68 Å². The summed E-state index contributed by atoms with van der Waals surface area (Å²) < 4.78 is 18.2. The third kappa shape index (κ3) is 3.75. The summed E-state index contributed by atoms with van der Waals surface area (Å²) >= 11 is 0. The number of hydrogen-bond acceptors (Lipinski definition) is 7. The van der Waals surface area contributed by atoms with Crippen molar-refractivity contribution in [1.29, 1.82) is 0 Å². The van der Waals surface area contributed by atoms with Crippen molar-refractivity contribution in [1.82, 2.24) is 14.8 Å². The molecule has 1 aromatic heterocycles. The fourth-order valence-electron chi connectivity index (χ4n) is 4.03. The Morgan fingerprint density at radius 1 is 0.970 bits per heavy atom. The normalized spacial score (nSPS) is 15.0. The Balaban J connectivity index is 1.95. The molecule has 1 aliphatic heterocycles. The Bertz CT molecular complexity index is 1280. The van der Waals surface area contributed by atoms with Gasteiger partial charge in [0, 0.05) is 22.9 Å². The van der Waals surface area contributed by atoms with Gasteiger partial charge in [0.15, 0.2) is 17.3 Å². The number of primary amides is 1. The first kappa shape index (κ1) is 22.2. The smallest absolute Gasteiger partial charge is 0.248 e. The van der Waals surface area contributed by atoms with Crippen LogP contribution in [0.2, 0.25) is 0 Å². The Morgan fingerprint density at radius 2 is 1.64 bits per heavy atom. The zero-order valence-corrected chi connectivity index (χ0v) is 19.5. The van der Waals surface area contributed by atoms with Gasteiger partial charge in [-0.3, -0.25) is 4.79 Å². The average molecular weight is 450 g/mol. The van der Waals surface area contributed by atoms with E-state index in [1.807, 2.05) is 25.1 Å². The summed E-state index contributed by atoms with van der Waals surface area (Å²) in [4.78, 5) is 17.3. The molecule has 33 heavy (non-hydrogen) atoms. The molecular formula is C24H27N5O4. The Labute approximate surface area is 192 Å². The molecule has 4 rings (SSSR count). The van der Waals surface area contributed by atoms with Crippen LogP contribution >= 0.6 is 0 Å². The number of amides is 1. The molecule has 9 heteroatoms. The molecule has 0 fully saturated rings. The standard InChI is InChI=1S/C24H27N5O4/c1-12-7-8-15(9-13(12)2)23-27-24-26-14(3)20(22(25)30)21(29(24)28-23)16-10-18(32-5)19(33-6)11-17(16)31-4/h7-11,21H,1-6H3,(H2,25,30)(H,26,27,28). The minimum atomic E-state index is -0.679. The van der Waals surface area contributed by atoms with Gasteiger partial charge in [-0.1, -0.05) is 12.1 Å². The SMILES string of the molecule is COc1cc(OC)c(C2C(C(N)=O)=C(C)Nc3nc(-c4ccc(C)c(C)c4)nn32)cc1OC. The topological polar surface area (TPSA) is 114 Å². The van der Waals surface area contributed by atoms with Crippen LogP contribution in [0.25, 0.3) is 11.4 Å². The zero-order chi connectivity index (χ0) is 23.9. The van der Waals surface area contributed by atoms with Crippen LogP contribution in [0.1, 0.15) is 29.7 Å². The van der Waals surface area contributed by atoms with Gasteiger partial charge in [-0.15, -0.1) is 5.10 Å². The second-order valence-corrected chi connectivity index (χ2v) is 7.88. The van der Waals surface area contributed by atoms with E-state index in [-0.39, 0.29) is 0 Å². The van der Waals surface area contributed by atoms with Gasteiger partial charge in [0.2, 0.25) is 11.9 Å². The molecule has 0 aliphatic carbocycles. The summed E-state index contributed by atoms with van der Waals surface area (Å²) in [6.07, 6.45) is 0. The molecule has 2 aromatic carbocycles. The van der Waals surface area contributed by atoms with Gasteiger partial charge < -0.3 is 25.3 Å². The number of nitrogens with two attached hydrogens (primary N) is 1. The van der Waals surface area contributed by atoms with E-state index in [1.165, 1.54) is 5.56 Å². The number of fused-ring (bicyclic) bond motifs is 1. The second-order valence-electron chi connectivity index (χ2n) is 7.88. The molecule has 2 heterocycles. The summed E-state index contributed by atoms with van der Waals surface area (Å²) in [6.45, 7) is 5.88. The number of nitrogens with zero attached hydrogens (tertiary/aromatic N) is 3. The molecule has 3 N–H and O–H groups in total. The van der Waals surface area contributed by atoms with Crippen LogP contribution in [0.4, 0.5) is 5.95 Å². The van der Waals surface area contributed by atoms with Gasteiger partial charge in [0.25, 0.3) is 0 Å². The number of benzene rings is 2. The van der Waals surface area contributed by atoms with Crippen molar-refractivity contribution in [2.24, 2.45) is 5.73 Å². The summed E-state index contributed by atoms with van der Waals surface area (Å²) in [6, 6.07) is 8.85. The highest BCUT2D eigenvalue weighted by Gasteiger charge is 2.36. The van der Waals surface area contributed by atoms with Crippen LogP contribution in [0.5, 0.6) is 17.2 Å². The molecule has 0 saturated carbocycles. The minimum absolute atomic E-state index is 0.351. The lowest BCUT2D eigenvalue weighted by Gasteiger charge is -2.29. The molecule has 1 amide bonds. The largest absolute Gasteiger partial charge is 0.496 e. The predicted molar refractivity (Wildman–Crippen MR) is 125 cm³/mol. The number of carbonyl (C=O) groups is 1. The fraction of sp³-hybridized carbons (Fsp3) is 0.292. The fourth-order valence-corrected chi connectivity index (χ4v) is 4.03. The quantitative estimate of drug-likeness (QED) is 0.593. The van der Waals surface area contributed by atoms with E-state index in [4.69, 9.17) is 30.0 Å². The first-order valence-electron chi connectivity index (χ1n) is 10.4. The molecule has 9 nitrogen and oxygen atoms in total. The number of methoxy groups -OCH3 is 3. The van der Waals surface area contributed by atoms with Gasteiger partial charge in [0.1, 0.15) is 11.8 Å². The third-order valence-electron chi connectivity index (χ3n) is 5.91. The number of nitrogens with one attached hydrogen (secondary N) is 1. The summed E-state index contributed by atoms with van der Waals surface area (Å²) in [7, 11) is 4.65. The molecular weight excluding hydrogens is 422 g/mol. The molecule has 0 spiro atoms. The van der Waals surface area contributed by atoms with Crippen LogP contribution in [-0.2, 0) is 4.79 Å². The molecule has 0 radical (unpaired) electrons. The number of ether oxygens (including phenoxy) is 3. The molecule has 1 atom stereocenters. The monoisotopic (exact) mass is 449 g/mol. The molecule has 0 saturated heterocycles. The number of aryl methyl sites for hydroxylation is 2. The lowest BCUT2D eigenvalue weighted by atomic mass is 9.94. The van der Waals surface area contributed by atoms with Crippen molar-refractivity contribution in [2.45, 2.75) is 26.8 Å². The average Bonchev–Trinajstić information content (AvgIpc) is 3.22. The first-order valence-corrected chi connectivity index (χ1v) is 10.4. The Morgan fingerprint density at radius 3 is 2.24 bits per heavy atom. The van der Waals surface area contributed by atoms with E-state index in [2.05, 4.69) is 12.2 Å². The lowest BCUT2D eigenvalue weighted by Crippen LogP contribution is -2.32. The molecule has 3 aromatic rings. The van der Waals surface area contributed by atoms with E-state index >= 15 is 0 Å². The lowest BCUT2D eigenvalue weighted by molar-refractivity contribution is -0.115. The number of hydrogen-bond donors (Lipinski definition) is 2. The maximum absolute atomic E-state index is 12.6. The van der Waals surface area contributed by atoms with Crippen LogP contribution in [0.3, 0.4) is 0 Å². The van der Waals surface area contributed by atoms with Gasteiger partial charge in [0.05, 0.1) is 26.9 Å². The number of aromatic nitrogens is 3. The van der Waals surface area contributed by atoms with Crippen molar-refractivity contribution < 1.29 is 19.0 Å². The number of allylic oxidation sites excluding steroid dienone is 1. The van der Waals surface area contributed by atoms with E-state index in [9.17, 15) is 4.79 Å².